The number of benzene rings is 1. The van der Waals surface area contributed by atoms with E-state index >= 15 is 0 Å². The fourth-order valence-corrected chi connectivity index (χ4v) is 2.00. The SMILES string of the molecule is O=C(O)c1ccc(Oc2cccc3c2COB3O)nc1. The molecule has 20 heavy (non-hydrogen) atoms. The summed E-state index contributed by atoms with van der Waals surface area (Å²) in [5.41, 5.74) is 1.53. The number of nitrogens with zero attached hydrogens (tertiary/aromatic N) is 1. The molecular formula is C13H10BNO5. The van der Waals surface area contributed by atoms with Crippen LogP contribution in [0.2, 0.25) is 0 Å². The molecule has 3 rings (SSSR count). The highest BCUT2D eigenvalue weighted by Crippen LogP contribution is 2.26. The molecule has 0 radical (unpaired) electrons. The van der Waals surface area contributed by atoms with Gasteiger partial charge in [0.1, 0.15) is 5.75 Å². The van der Waals surface area contributed by atoms with Gasteiger partial charge in [-0.3, -0.25) is 0 Å². The molecule has 1 aromatic heterocycles. The summed E-state index contributed by atoms with van der Waals surface area (Å²) in [7, 11) is -0.934. The minimum Gasteiger partial charge on any atom is -0.478 e. The fourth-order valence-electron chi connectivity index (χ4n) is 2.00. The van der Waals surface area contributed by atoms with Crippen molar-refractivity contribution < 1.29 is 24.3 Å². The Kier molecular flexibility index (Phi) is 3.13. The van der Waals surface area contributed by atoms with Crippen LogP contribution in [0.15, 0.2) is 36.5 Å². The fraction of sp³-hybridized carbons (Fsp3) is 0.0769. The minimum atomic E-state index is -1.04. The molecule has 2 aromatic rings. The van der Waals surface area contributed by atoms with Crippen LogP contribution in [0.5, 0.6) is 11.6 Å². The number of carbonyl (C=O) groups is 1. The number of carboxylic acids is 1. The van der Waals surface area contributed by atoms with E-state index in [1.807, 2.05) is 0 Å². The second kappa shape index (κ2) is 4.95. The number of rotatable bonds is 3. The minimum absolute atomic E-state index is 0.0920. The van der Waals surface area contributed by atoms with Crippen molar-refractivity contribution in [2.75, 3.05) is 0 Å². The van der Waals surface area contributed by atoms with Gasteiger partial charge in [-0.15, -0.1) is 0 Å². The van der Waals surface area contributed by atoms with Crippen molar-refractivity contribution in [3.05, 3.63) is 47.7 Å². The molecule has 0 unspecified atom stereocenters. The second-order valence-corrected chi connectivity index (χ2v) is 4.28. The molecule has 1 aliphatic rings. The molecule has 2 heterocycles. The third-order valence-electron chi connectivity index (χ3n) is 3.02. The quantitative estimate of drug-likeness (QED) is 0.802. The molecule has 0 fully saturated rings. The van der Waals surface area contributed by atoms with Crippen molar-refractivity contribution >= 4 is 18.6 Å². The lowest BCUT2D eigenvalue weighted by atomic mass is 9.79. The van der Waals surface area contributed by atoms with Crippen molar-refractivity contribution in [3.8, 4) is 11.6 Å². The zero-order valence-corrected chi connectivity index (χ0v) is 10.3. The Morgan fingerprint density at radius 2 is 2.20 bits per heavy atom. The molecule has 0 spiro atoms. The third-order valence-corrected chi connectivity index (χ3v) is 3.02. The van der Waals surface area contributed by atoms with Gasteiger partial charge in [0, 0.05) is 17.8 Å². The largest absolute Gasteiger partial charge is 0.491 e. The van der Waals surface area contributed by atoms with Crippen LogP contribution >= 0.6 is 0 Å². The maximum atomic E-state index is 10.7. The van der Waals surface area contributed by atoms with E-state index in [1.54, 1.807) is 18.2 Å². The molecule has 0 aliphatic carbocycles. The Morgan fingerprint density at radius 1 is 1.35 bits per heavy atom. The summed E-state index contributed by atoms with van der Waals surface area (Å²) >= 11 is 0. The molecular weight excluding hydrogens is 261 g/mol. The molecule has 0 atom stereocenters. The summed E-state index contributed by atoms with van der Waals surface area (Å²) in [6.07, 6.45) is 1.23. The van der Waals surface area contributed by atoms with Crippen molar-refractivity contribution in [2.45, 2.75) is 6.61 Å². The number of aromatic nitrogens is 1. The summed E-state index contributed by atoms with van der Waals surface area (Å²) in [6.45, 7) is 0.264. The lowest BCUT2D eigenvalue weighted by Gasteiger charge is -2.08. The van der Waals surface area contributed by atoms with E-state index < -0.39 is 13.1 Å². The van der Waals surface area contributed by atoms with Gasteiger partial charge >= 0.3 is 13.1 Å². The number of fused-ring (bicyclic) bond motifs is 1. The lowest BCUT2D eigenvalue weighted by Crippen LogP contribution is -2.27. The molecule has 0 bridgehead atoms. The van der Waals surface area contributed by atoms with Crippen LogP contribution < -0.4 is 10.2 Å². The van der Waals surface area contributed by atoms with Gasteiger partial charge in [0.15, 0.2) is 0 Å². The van der Waals surface area contributed by atoms with Crippen LogP contribution in [0.3, 0.4) is 0 Å². The van der Waals surface area contributed by atoms with Gasteiger partial charge in [-0.05, 0) is 17.6 Å². The van der Waals surface area contributed by atoms with Gasteiger partial charge in [0.05, 0.1) is 12.2 Å². The number of ether oxygens (including phenoxy) is 1. The van der Waals surface area contributed by atoms with Crippen molar-refractivity contribution in [1.82, 2.24) is 4.98 Å². The van der Waals surface area contributed by atoms with E-state index in [1.165, 1.54) is 18.3 Å². The lowest BCUT2D eigenvalue weighted by molar-refractivity contribution is 0.0696. The van der Waals surface area contributed by atoms with Gasteiger partial charge in [0.2, 0.25) is 5.88 Å². The summed E-state index contributed by atoms with van der Waals surface area (Å²) in [4.78, 5) is 14.7. The Balaban J connectivity index is 1.87. The van der Waals surface area contributed by atoms with Gasteiger partial charge in [-0.2, -0.15) is 0 Å². The standard InChI is InChI=1S/C13H10BNO5/c16-13(17)8-4-5-12(15-6-8)20-11-3-1-2-10-9(11)7-19-14(10)18/h1-6,18H,7H2,(H,16,17). The van der Waals surface area contributed by atoms with Crippen molar-refractivity contribution in [1.29, 1.82) is 0 Å². The van der Waals surface area contributed by atoms with Crippen LogP contribution in [0.25, 0.3) is 0 Å². The number of hydrogen-bond donors (Lipinski definition) is 2. The van der Waals surface area contributed by atoms with E-state index in [2.05, 4.69) is 4.98 Å². The van der Waals surface area contributed by atoms with E-state index in [9.17, 15) is 9.82 Å². The maximum Gasteiger partial charge on any atom is 0.491 e. The zero-order valence-electron chi connectivity index (χ0n) is 10.3. The van der Waals surface area contributed by atoms with Crippen LogP contribution in [0.1, 0.15) is 15.9 Å². The average Bonchev–Trinajstić information content (AvgIpc) is 2.82. The van der Waals surface area contributed by atoms with Crippen LogP contribution in [0, 0.1) is 0 Å². The molecule has 7 heteroatoms. The Morgan fingerprint density at radius 3 is 2.90 bits per heavy atom. The summed E-state index contributed by atoms with van der Waals surface area (Å²) in [6, 6.07) is 8.15. The molecule has 0 saturated heterocycles. The third kappa shape index (κ3) is 2.24. The number of hydrogen-bond acceptors (Lipinski definition) is 5. The summed E-state index contributed by atoms with van der Waals surface area (Å²) in [5, 5.41) is 18.4. The Bertz CT molecular complexity index is 658. The molecule has 1 aromatic carbocycles. The number of pyridine rings is 1. The topological polar surface area (TPSA) is 88.9 Å². The number of aromatic carboxylic acids is 1. The molecule has 6 nitrogen and oxygen atoms in total. The summed E-state index contributed by atoms with van der Waals surface area (Å²) in [5.74, 6) is -0.222. The van der Waals surface area contributed by atoms with E-state index in [-0.39, 0.29) is 18.1 Å². The first-order valence-corrected chi connectivity index (χ1v) is 5.94. The smallest absolute Gasteiger partial charge is 0.478 e. The summed E-state index contributed by atoms with van der Waals surface area (Å²) < 4.78 is 10.7. The molecule has 2 N–H and O–H groups in total. The number of carboxylic acid groups (broad SMARTS) is 1. The molecule has 1 aliphatic heterocycles. The molecule has 0 amide bonds. The average molecular weight is 271 g/mol. The first-order chi connectivity index (χ1) is 9.65. The van der Waals surface area contributed by atoms with Crippen LogP contribution in [0.4, 0.5) is 0 Å². The maximum absolute atomic E-state index is 10.7. The van der Waals surface area contributed by atoms with E-state index in [4.69, 9.17) is 14.5 Å². The predicted octanol–water partition coefficient (Wildman–Crippen LogP) is 0.790. The van der Waals surface area contributed by atoms with Crippen molar-refractivity contribution in [2.24, 2.45) is 0 Å². The zero-order chi connectivity index (χ0) is 14.1. The highest BCUT2D eigenvalue weighted by molar-refractivity contribution is 6.61. The van der Waals surface area contributed by atoms with Crippen LogP contribution in [-0.4, -0.2) is 28.2 Å². The Labute approximate surface area is 114 Å². The highest BCUT2D eigenvalue weighted by atomic mass is 16.5. The Hall–Kier alpha value is -2.38. The first kappa shape index (κ1) is 12.6. The van der Waals surface area contributed by atoms with Gasteiger partial charge in [-0.25, -0.2) is 9.78 Å². The predicted molar refractivity (Wildman–Crippen MR) is 70.1 cm³/mol. The highest BCUT2D eigenvalue weighted by Gasteiger charge is 2.29. The van der Waals surface area contributed by atoms with E-state index in [0.717, 1.165) is 5.56 Å². The monoisotopic (exact) mass is 271 g/mol. The molecule has 0 saturated carbocycles. The first-order valence-electron chi connectivity index (χ1n) is 5.94. The van der Waals surface area contributed by atoms with Crippen molar-refractivity contribution in [3.63, 3.8) is 0 Å². The van der Waals surface area contributed by atoms with Gasteiger partial charge < -0.3 is 19.5 Å². The van der Waals surface area contributed by atoms with Gasteiger partial charge in [0.25, 0.3) is 0 Å². The molecule has 100 valence electrons. The van der Waals surface area contributed by atoms with Crippen LogP contribution in [-0.2, 0) is 11.3 Å². The normalized spacial score (nSPS) is 13.2. The van der Waals surface area contributed by atoms with E-state index in [0.29, 0.717) is 11.2 Å². The van der Waals surface area contributed by atoms with Gasteiger partial charge in [-0.1, -0.05) is 12.1 Å². The second-order valence-electron chi connectivity index (χ2n) is 4.28.